The zero-order valence-electron chi connectivity index (χ0n) is 21.3. The number of carbonyl (C=O) groups is 1. The smallest absolute Gasteiger partial charge is 0.255 e. The normalized spacial score (nSPS) is 10.7. The molecule has 39 heavy (non-hydrogen) atoms. The van der Waals surface area contributed by atoms with Gasteiger partial charge in [-0.05, 0) is 29.3 Å². The third kappa shape index (κ3) is 6.37. The lowest BCUT2D eigenvalue weighted by Gasteiger charge is -2.10. The van der Waals surface area contributed by atoms with Gasteiger partial charge in [-0.25, -0.2) is 8.78 Å². The molecule has 0 aliphatic rings. The Kier molecular flexibility index (Phi) is 8.48. The number of amides is 1. The lowest BCUT2D eigenvalue weighted by Crippen LogP contribution is -2.24. The lowest BCUT2D eigenvalue weighted by atomic mass is 10.1. The molecule has 1 amide bonds. The van der Waals surface area contributed by atoms with Crippen molar-refractivity contribution in [2.75, 3.05) is 14.2 Å². The zero-order valence-corrected chi connectivity index (χ0v) is 21.3. The molecule has 4 aromatic rings. The van der Waals surface area contributed by atoms with Crippen LogP contribution in [0.25, 0.3) is 0 Å². The van der Waals surface area contributed by atoms with Gasteiger partial charge in [-0.1, -0.05) is 24.3 Å². The molecule has 0 saturated carbocycles. The second-order valence-electron chi connectivity index (χ2n) is 8.65. The minimum atomic E-state index is -0.713. The maximum absolute atomic E-state index is 14.7. The molecular formula is C28H25F2N5O4. The summed E-state index contributed by atoms with van der Waals surface area (Å²) in [5, 5.41) is 16.4. The average molecular weight is 534 g/mol. The number of hydrogen-bond acceptors (Lipinski definition) is 6. The highest BCUT2D eigenvalue weighted by Crippen LogP contribution is 2.23. The summed E-state index contributed by atoms with van der Waals surface area (Å²) < 4.78 is 41.2. The zero-order chi connectivity index (χ0) is 27.9. The number of nitriles is 1. The van der Waals surface area contributed by atoms with Crippen LogP contribution in [-0.2, 0) is 31.0 Å². The van der Waals surface area contributed by atoms with Crippen molar-refractivity contribution in [2.45, 2.75) is 26.2 Å². The topological polar surface area (TPSA) is 111 Å². The second kappa shape index (κ2) is 12.1. The first-order valence-corrected chi connectivity index (χ1v) is 11.9. The number of carbonyl (C=O) groups excluding carboxylic acids is 1. The molecule has 2 heterocycles. The number of pyridine rings is 1. The van der Waals surface area contributed by atoms with Crippen molar-refractivity contribution in [3.8, 4) is 11.8 Å². The molecule has 0 atom stereocenters. The number of rotatable bonds is 10. The predicted octanol–water partition coefficient (Wildman–Crippen LogP) is 3.38. The van der Waals surface area contributed by atoms with Crippen molar-refractivity contribution in [3.05, 3.63) is 116 Å². The van der Waals surface area contributed by atoms with Gasteiger partial charge in [0.15, 0.2) is 11.6 Å². The molecule has 0 bridgehead atoms. The van der Waals surface area contributed by atoms with Crippen LogP contribution in [0.5, 0.6) is 5.75 Å². The van der Waals surface area contributed by atoms with Gasteiger partial charge >= 0.3 is 0 Å². The van der Waals surface area contributed by atoms with E-state index in [1.165, 1.54) is 37.0 Å². The van der Waals surface area contributed by atoms with Gasteiger partial charge in [0.05, 0.1) is 44.0 Å². The molecule has 2 aromatic heterocycles. The van der Waals surface area contributed by atoms with Crippen molar-refractivity contribution in [1.29, 1.82) is 5.26 Å². The number of nitrogens with one attached hydrogen (secondary N) is 1. The lowest BCUT2D eigenvalue weighted by molar-refractivity contribution is 0.0945. The van der Waals surface area contributed by atoms with E-state index in [0.717, 1.165) is 23.4 Å². The Morgan fingerprint density at radius 2 is 1.74 bits per heavy atom. The predicted molar refractivity (Wildman–Crippen MR) is 137 cm³/mol. The summed E-state index contributed by atoms with van der Waals surface area (Å²) in [7, 11) is 2.80. The highest BCUT2D eigenvalue weighted by Gasteiger charge is 2.19. The van der Waals surface area contributed by atoms with E-state index in [4.69, 9.17) is 9.47 Å². The first-order chi connectivity index (χ1) is 18.8. The van der Waals surface area contributed by atoms with Gasteiger partial charge in [0, 0.05) is 37.7 Å². The summed E-state index contributed by atoms with van der Waals surface area (Å²) in [6.07, 6.45) is 2.73. The van der Waals surface area contributed by atoms with Crippen LogP contribution in [0.3, 0.4) is 0 Å². The molecule has 0 unspecified atom stereocenters. The van der Waals surface area contributed by atoms with Gasteiger partial charge in [0.1, 0.15) is 11.5 Å². The van der Waals surface area contributed by atoms with Gasteiger partial charge in [-0.15, -0.1) is 0 Å². The fourth-order valence-electron chi connectivity index (χ4n) is 4.03. The largest absolute Gasteiger partial charge is 0.494 e. The summed E-state index contributed by atoms with van der Waals surface area (Å²) in [5.41, 5.74) is 2.14. The first kappa shape index (κ1) is 27.2. The molecule has 0 aliphatic carbocycles. The van der Waals surface area contributed by atoms with Crippen LogP contribution in [0.4, 0.5) is 8.78 Å². The van der Waals surface area contributed by atoms with Crippen molar-refractivity contribution in [2.24, 2.45) is 0 Å². The van der Waals surface area contributed by atoms with Gasteiger partial charge in [0.2, 0.25) is 0 Å². The summed E-state index contributed by atoms with van der Waals surface area (Å²) >= 11 is 0. The number of aromatic nitrogens is 3. The van der Waals surface area contributed by atoms with Crippen molar-refractivity contribution >= 4 is 5.91 Å². The van der Waals surface area contributed by atoms with Gasteiger partial charge in [0.25, 0.3) is 11.5 Å². The maximum atomic E-state index is 14.7. The van der Waals surface area contributed by atoms with E-state index in [1.54, 1.807) is 10.9 Å². The molecule has 11 heteroatoms. The van der Waals surface area contributed by atoms with Crippen LogP contribution in [0.1, 0.15) is 38.3 Å². The minimum absolute atomic E-state index is 0.0199. The Labute approximate surface area is 222 Å². The highest BCUT2D eigenvalue weighted by molar-refractivity contribution is 5.95. The van der Waals surface area contributed by atoms with E-state index < -0.39 is 17.5 Å². The molecule has 4 rings (SSSR count). The fourth-order valence-corrected chi connectivity index (χ4v) is 4.03. The Bertz CT molecular complexity index is 1590. The summed E-state index contributed by atoms with van der Waals surface area (Å²) in [6.45, 7) is 0.419. The van der Waals surface area contributed by atoms with E-state index >= 15 is 0 Å². The average Bonchev–Trinajstić information content (AvgIpc) is 3.33. The number of hydrogen-bond donors (Lipinski definition) is 1. The molecule has 0 saturated heterocycles. The molecule has 0 aliphatic heterocycles. The monoisotopic (exact) mass is 533 g/mol. The van der Waals surface area contributed by atoms with E-state index in [2.05, 4.69) is 10.4 Å². The molecule has 9 nitrogen and oxygen atoms in total. The van der Waals surface area contributed by atoms with Crippen LogP contribution >= 0.6 is 0 Å². The number of benzene rings is 2. The third-order valence-corrected chi connectivity index (χ3v) is 6.01. The van der Waals surface area contributed by atoms with Crippen LogP contribution < -0.4 is 15.6 Å². The molecule has 0 spiro atoms. The molecule has 1 N–H and O–H groups in total. The van der Waals surface area contributed by atoms with Gasteiger partial charge in [-0.3, -0.25) is 14.3 Å². The number of nitrogens with zero attached hydrogens (tertiary/aromatic N) is 4. The van der Waals surface area contributed by atoms with E-state index in [9.17, 15) is 23.6 Å². The fraction of sp³-hybridized carbons (Fsp3) is 0.214. The van der Waals surface area contributed by atoms with Gasteiger partial charge in [-0.2, -0.15) is 10.4 Å². The molecular weight excluding hydrogens is 508 g/mol. The van der Waals surface area contributed by atoms with Crippen molar-refractivity contribution < 1.29 is 23.0 Å². The van der Waals surface area contributed by atoms with E-state index in [1.807, 2.05) is 30.3 Å². The van der Waals surface area contributed by atoms with Crippen LogP contribution in [0.2, 0.25) is 0 Å². The highest BCUT2D eigenvalue weighted by atomic mass is 19.1. The maximum Gasteiger partial charge on any atom is 0.255 e. The third-order valence-electron chi connectivity index (χ3n) is 6.01. The van der Waals surface area contributed by atoms with Crippen LogP contribution in [0.15, 0.2) is 65.7 Å². The standard InChI is InChI=1S/C28H25F2N5O4/c1-38-17-24-23(28(37)32-12-22-20(11-31)7-9-25(39-2)27(22)30)16-35(33-24)14-19-5-3-18(4-6-19)13-34-15-21(29)8-10-26(34)36/h3-10,15-16H,12-14,17H2,1-2H3,(H,32,37). The summed E-state index contributed by atoms with van der Waals surface area (Å²) in [6, 6.07) is 14.4. The molecule has 2 aromatic carbocycles. The summed E-state index contributed by atoms with van der Waals surface area (Å²) in [4.78, 5) is 24.9. The van der Waals surface area contributed by atoms with E-state index in [-0.39, 0.29) is 47.7 Å². The first-order valence-electron chi connectivity index (χ1n) is 11.9. The quantitative estimate of drug-likeness (QED) is 0.335. The summed E-state index contributed by atoms with van der Waals surface area (Å²) in [5.74, 6) is -1.73. The Morgan fingerprint density at radius 1 is 1.03 bits per heavy atom. The second-order valence-corrected chi connectivity index (χ2v) is 8.65. The molecule has 200 valence electrons. The number of methoxy groups -OCH3 is 2. The van der Waals surface area contributed by atoms with Crippen molar-refractivity contribution in [1.82, 2.24) is 19.7 Å². The number of ether oxygens (including phenoxy) is 2. The van der Waals surface area contributed by atoms with Gasteiger partial charge < -0.3 is 19.4 Å². The van der Waals surface area contributed by atoms with E-state index in [0.29, 0.717) is 12.2 Å². The Balaban J connectivity index is 1.48. The molecule has 0 fully saturated rings. The van der Waals surface area contributed by atoms with Crippen LogP contribution in [0, 0.1) is 23.0 Å². The van der Waals surface area contributed by atoms with Crippen LogP contribution in [-0.4, -0.2) is 34.5 Å². The Morgan fingerprint density at radius 3 is 2.41 bits per heavy atom. The number of halogens is 2. The SMILES string of the molecule is COCc1nn(Cc2ccc(Cn3cc(F)ccc3=O)cc2)cc1C(=O)NCc1c(C#N)ccc(OC)c1F. The Hall–Kier alpha value is -4.82. The molecule has 0 radical (unpaired) electrons. The minimum Gasteiger partial charge on any atom is -0.494 e. The van der Waals surface area contributed by atoms with Crippen molar-refractivity contribution in [3.63, 3.8) is 0 Å².